The molecule has 18 heavy (non-hydrogen) atoms. The number of benzene rings is 1. The highest BCUT2D eigenvalue weighted by Crippen LogP contribution is 2.24. The van der Waals surface area contributed by atoms with E-state index in [1.165, 1.54) is 25.1 Å². The van der Waals surface area contributed by atoms with Crippen molar-refractivity contribution >= 4 is 15.7 Å². The fourth-order valence-electron chi connectivity index (χ4n) is 1.48. The van der Waals surface area contributed by atoms with Gasteiger partial charge in [-0.15, -0.1) is 0 Å². The van der Waals surface area contributed by atoms with Gasteiger partial charge in [-0.05, 0) is 20.0 Å². The highest BCUT2D eigenvalue weighted by Gasteiger charge is 2.22. The summed E-state index contributed by atoms with van der Waals surface area (Å²) < 4.78 is 26.3. The number of rotatable bonds is 6. The van der Waals surface area contributed by atoms with Crippen LogP contribution in [0.15, 0.2) is 23.1 Å². The van der Waals surface area contributed by atoms with E-state index in [9.17, 15) is 18.5 Å². The first kappa shape index (κ1) is 14.6. The molecule has 0 bridgehead atoms. The molecule has 0 aliphatic carbocycles. The maximum atomic E-state index is 11.9. The van der Waals surface area contributed by atoms with Crippen LogP contribution in [0.3, 0.4) is 0 Å². The standard InChI is InChI=1S/C10H15N3O4S/c1-8-9(13(14)15)4-3-5-10(8)18(16,17)12-7-6-11-2/h3-5,11-12H,6-7H2,1-2H3. The molecule has 8 heteroatoms. The fraction of sp³-hybridized carbons (Fsp3) is 0.400. The third kappa shape index (κ3) is 3.25. The van der Waals surface area contributed by atoms with Crippen molar-refractivity contribution in [1.82, 2.24) is 10.0 Å². The Hall–Kier alpha value is -1.51. The molecule has 0 fully saturated rings. The van der Waals surface area contributed by atoms with E-state index in [4.69, 9.17) is 0 Å². The van der Waals surface area contributed by atoms with E-state index in [1.54, 1.807) is 7.05 Å². The second kappa shape index (κ2) is 5.89. The zero-order valence-corrected chi connectivity index (χ0v) is 11.0. The Morgan fingerprint density at radius 2 is 2.00 bits per heavy atom. The van der Waals surface area contributed by atoms with Crippen molar-refractivity contribution < 1.29 is 13.3 Å². The molecule has 0 saturated heterocycles. The van der Waals surface area contributed by atoms with Gasteiger partial charge in [-0.1, -0.05) is 6.07 Å². The van der Waals surface area contributed by atoms with Gasteiger partial charge in [-0.2, -0.15) is 0 Å². The molecule has 1 rings (SSSR count). The Bertz CT molecular complexity index is 542. The number of nitrogens with zero attached hydrogens (tertiary/aromatic N) is 1. The summed E-state index contributed by atoms with van der Waals surface area (Å²) in [6.45, 7) is 2.12. The number of hydrogen-bond donors (Lipinski definition) is 2. The number of likely N-dealkylation sites (N-methyl/N-ethyl adjacent to an activating group) is 1. The molecule has 7 nitrogen and oxygen atoms in total. The molecule has 0 atom stereocenters. The maximum absolute atomic E-state index is 11.9. The molecule has 0 aliphatic rings. The minimum Gasteiger partial charge on any atom is -0.318 e. The lowest BCUT2D eigenvalue weighted by Gasteiger charge is -2.09. The second-order valence-corrected chi connectivity index (χ2v) is 5.39. The van der Waals surface area contributed by atoms with E-state index < -0.39 is 14.9 Å². The molecule has 100 valence electrons. The number of sulfonamides is 1. The smallest absolute Gasteiger partial charge is 0.273 e. The first-order chi connectivity index (χ1) is 8.40. The largest absolute Gasteiger partial charge is 0.318 e. The van der Waals surface area contributed by atoms with E-state index in [0.29, 0.717) is 6.54 Å². The van der Waals surface area contributed by atoms with Gasteiger partial charge in [0.1, 0.15) is 0 Å². The highest BCUT2D eigenvalue weighted by molar-refractivity contribution is 7.89. The van der Waals surface area contributed by atoms with Crippen molar-refractivity contribution in [3.8, 4) is 0 Å². The molecule has 1 aromatic carbocycles. The summed E-state index contributed by atoms with van der Waals surface area (Å²) in [5.74, 6) is 0. The summed E-state index contributed by atoms with van der Waals surface area (Å²) >= 11 is 0. The van der Waals surface area contributed by atoms with Crippen molar-refractivity contribution in [3.05, 3.63) is 33.9 Å². The van der Waals surface area contributed by atoms with Crippen molar-refractivity contribution in [3.63, 3.8) is 0 Å². The van der Waals surface area contributed by atoms with E-state index in [-0.39, 0.29) is 22.7 Å². The van der Waals surface area contributed by atoms with Crippen LogP contribution in [-0.4, -0.2) is 33.5 Å². The summed E-state index contributed by atoms with van der Waals surface area (Å²) in [4.78, 5) is 10.1. The Morgan fingerprint density at radius 3 is 2.56 bits per heavy atom. The first-order valence-electron chi connectivity index (χ1n) is 5.28. The van der Waals surface area contributed by atoms with E-state index in [1.807, 2.05) is 0 Å². The third-order valence-corrected chi connectivity index (χ3v) is 4.01. The van der Waals surface area contributed by atoms with Gasteiger partial charge in [0.05, 0.1) is 9.82 Å². The van der Waals surface area contributed by atoms with Gasteiger partial charge in [0, 0.05) is 24.7 Å². The molecule has 0 unspecified atom stereocenters. The number of nitrogens with one attached hydrogen (secondary N) is 2. The lowest BCUT2D eigenvalue weighted by molar-refractivity contribution is -0.385. The number of hydrogen-bond acceptors (Lipinski definition) is 5. The van der Waals surface area contributed by atoms with Crippen LogP contribution in [0.5, 0.6) is 0 Å². The summed E-state index contributed by atoms with van der Waals surface area (Å²) in [5, 5.41) is 13.5. The summed E-state index contributed by atoms with van der Waals surface area (Å²) in [7, 11) is -2.01. The predicted molar refractivity (Wildman–Crippen MR) is 66.9 cm³/mol. The lowest BCUT2D eigenvalue weighted by Crippen LogP contribution is -2.31. The molecule has 2 N–H and O–H groups in total. The van der Waals surface area contributed by atoms with Gasteiger partial charge in [-0.25, -0.2) is 13.1 Å². The SMILES string of the molecule is CNCCNS(=O)(=O)c1cccc([N+](=O)[O-])c1C. The Morgan fingerprint density at radius 1 is 1.33 bits per heavy atom. The highest BCUT2D eigenvalue weighted by atomic mass is 32.2. The van der Waals surface area contributed by atoms with Gasteiger partial charge >= 0.3 is 0 Å². The van der Waals surface area contributed by atoms with Crippen LogP contribution in [0.4, 0.5) is 5.69 Å². The average molecular weight is 273 g/mol. The Kier molecular flexibility index (Phi) is 4.76. The molecule has 0 aromatic heterocycles. The van der Waals surface area contributed by atoms with Crippen molar-refractivity contribution in [1.29, 1.82) is 0 Å². The normalized spacial score (nSPS) is 11.4. The van der Waals surface area contributed by atoms with Crippen LogP contribution in [0.1, 0.15) is 5.56 Å². The number of nitro benzene ring substituents is 1. The van der Waals surface area contributed by atoms with Gasteiger partial charge in [-0.3, -0.25) is 10.1 Å². The van der Waals surface area contributed by atoms with Crippen LogP contribution >= 0.6 is 0 Å². The van der Waals surface area contributed by atoms with Gasteiger partial charge in [0.25, 0.3) is 5.69 Å². The monoisotopic (exact) mass is 273 g/mol. The van der Waals surface area contributed by atoms with Crippen LogP contribution in [0.25, 0.3) is 0 Å². The van der Waals surface area contributed by atoms with E-state index in [2.05, 4.69) is 10.0 Å². The first-order valence-corrected chi connectivity index (χ1v) is 6.76. The molecule has 0 heterocycles. The third-order valence-electron chi connectivity index (χ3n) is 2.41. The molecular weight excluding hydrogens is 258 g/mol. The van der Waals surface area contributed by atoms with Gasteiger partial charge in [0.2, 0.25) is 10.0 Å². The number of nitro groups is 1. The average Bonchev–Trinajstić information content (AvgIpc) is 2.28. The quantitative estimate of drug-likeness (QED) is 0.444. The van der Waals surface area contributed by atoms with Crippen molar-refractivity contribution in [2.75, 3.05) is 20.1 Å². The van der Waals surface area contributed by atoms with Gasteiger partial charge in [0.15, 0.2) is 0 Å². The minimum absolute atomic E-state index is 0.0622. The minimum atomic E-state index is -3.71. The van der Waals surface area contributed by atoms with Crippen LogP contribution in [-0.2, 0) is 10.0 Å². The van der Waals surface area contributed by atoms with E-state index >= 15 is 0 Å². The molecule has 0 amide bonds. The summed E-state index contributed by atoms with van der Waals surface area (Å²) in [6, 6.07) is 3.99. The van der Waals surface area contributed by atoms with E-state index in [0.717, 1.165) is 0 Å². The Balaban J connectivity index is 3.09. The van der Waals surface area contributed by atoms with Crippen molar-refractivity contribution in [2.24, 2.45) is 0 Å². The molecule has 1 aromatic rings. The maximum Gasteiger partial charge on any atom is 0.273 e. The molecule has 0 radical (unpaired) electrons. The molecular formula is C10H15N3O4S. The zero-order chi connectivity index (χ0) is 13.8. The van der Waals surface area contributed by atoms with Crippen LogP contribution in [0, 0.1) is 17.0 Å². The fourth-order valence-corrected chi connectivity index (χ4v) is 2.77. The molecule has 0 spiro atoms. The van der Waals surface area contributed by atoms with Crippen LogP contribution < -0.4 is 10.0 Å². The van der Waals surface area contributed by atoms with Crippen molar-refractivity contribution in [2.45, 2.75) is 11.8 Å². The summed E-state index contributed by atoms with van der Waals surface area (Å²) in [6.07, 6.45) is 0. The second-order valence-electron chi connectivity index (χ2n) is 3.66. The summed E-state index contributed by atoms with van der Waals surface area (Å²) in [5.41, 5.74) is -0.0639. The predicted octanol–water partition coefficient (Wildman–Crippen LogP) is 0.401. The van der Waals surface area contributed by atoms with Gasteiger partial charge < -0.3 is 5.32 Å². The molecule has 0 saturated carbocycles. The lowest BCUT2D eigenvalue weighted by atomic mass is 10.2. The topological polar surface area (TPSA) is 101 Å². The molecule has 0 aliphatic heterocycles. The zero-order valence-electron chi connectivity index (χ0n) is 10.1. The Labute approximate surface area is 105 Å². The van der Waals surface area contributed by atoms with Crippen LogP contribution in [0.2, 0.25) is 0 Å².